The summed E-state index contributed by atoms with van der Waals surface area (Å²) in [6.45, 7) is 2.61. The Morgan fingerprint density at radius 1 is 1.33 bits per heavy atom. The van der Waals surface area contributed by atoms with E-state index in [1.54, 1.807) is 30.8 Å². The molecule has 0 bridgehead atoms. The molecule has 1 aromatic heterocycles. The first-order valence-electron chi connectivity index (χ1n) is 7.45. The zero-order chi connectivity index (χ0) is 17.7. The summed E-state index contributed by atoms with van der Waals surface area (Å²) in [5, 5.41) is 6.81. The lowest BCUT2D eigenvalue weighted by atomic mass is 10.2. The number of carbonyl (C=O) groups is 1. The third-order valence-electron chi connectivity index (χ3n) is 3.34. The van der Waals surface area contributed by atoms with Crippen molar-refractivity contribution in [2.24, 2.45) is 0 Å². The van der Waals surface area contributed by atoms with Crippen molar-refractivity contribution in [2.45, 2.75) is 33.4 Å². The first-order chi connectivity index (χ1) is 11.4. The van der Waals surface area contributed by atoms with Crippen LogP contribution in [0.1, 0.15) is 25.6 Å². The lowest BCUT2D eigenvalue weighted by Crippen LogP contribution is -2.25. The molecule has 1 N–H and O–H groups in total. The van der Waals surface area contributed by atoms with Gasteiger partial charge in [0, 0.05) is 23.6 Å². The van der Waals surface area contributed by atoms with Gasteiger partial charge in [0.25, 0.3) is 0 Å². The van der Waals surface area contributed by atoms with Crippen LogP contribution in [-0.2, 0) is 4.79 Å². The molecular weight excluding hydrogens is 320 g/mol. The van der Waals surface area contributed by atoms with E-state index in [2.05, 4.69) is 15.2 Å². The quantitative estimate of drug-likeness (QED) is 0.840. The molecule has 0 aliphatic carbocycles. The van der Waals surface area contributed by atoms with Gasteiger partial charge in [0.05, 0.1) is 6.61 Å². The third kappa shape index (κ3) is 4.21. The summed E-state index contributed by atoms with van der Waals surface area (Å²) in [5.41, 5.74) is 1.27. The van der Waals surface area contributed by atoms with Crippen molar-refractivity contribution < 1.29 is 23.0 Å². The number of rotatable bonds is 7. The van der Waals surface area contributed by atoms with Crippen LogP contribution >= 0.6 is 0 Å². The van der Waals surface area contributed by atoms with Crippen molar-refractivity contribution >= 4 is 11.6 Å². The van der Waals surface area contributed by atoms with Crippen molar-refractivity contribution in [2.75, 3.05) is 11.9 Å². The van der Waals surface area contributed by atoms with Gasteiger partial charge in [-0.05, 0) is 39.0 Å². The van der Waals surface area contributed by atoms with E-state index in [0.29, 0.717) is 5.69 Å². The fourth-order valence-corrected chi connectivity index (χ4v) is 2.19. The molecule has 1 atom stereocenters. The van der Waals surface area contributed by atoms with Crippen molar-refractivity contribution in [3.63, 3.8) is 0 Å². The largest absolute Gasteiger partial charge is 0.490 e. The fraction of sp³-hybridized carbons (Fsp3) is 0.375. The molecule has 8 heteroatoms. The van der Waals surface area contributed by atoms with Gasteiger partial charge in [-0.2, -0.15) is 13.9 Å². The first-order valence-corrected chi connectivity index (χ1v) is 7.45. The topological polar surface area (TPSA) is 65.4 Å². The van der Waals surface area contributed by atoms with Gasteiger partial charge in [-0.1, -0.05) is 0 Å². The van der Waals surface area contributed by atoms with E-state index >= 15 is 0 Å². The van der Waals surface area contributed by atoms with Gasteiger partial charge in [0.1, 0.15) is 6.04 Å². The Morgan fingerprint density at radius 2 is 2.08 bits per heavy atom. The van der Waals surface area contributed by atoms with E-state index in [0.717, 1.165) is 5.69 Å². The predicted molar refractivity (Wildman–Crippen MR) is 84.5 cm³/mol. The van der Waals surface area contributed by atoms with Gasteiger partial charge >= 0.3 is 6.61 Å². The minimum absolute atomic E-state index is 0.0826. The van der Waals surface area contributed by atoms with Gasteiger partial charge in [-0.15, -0.1) is 0 Å². The molecule has 2 rings (SSSR count). The zero-order valence-corrected chi connectivity index (χ0v) is 13.6. The van der Waals surface area contributed by atoms with Gasteiger partial charge in [-0.3, -0.25) is 9.48 Å². The highest BCUT2D eigenvalue weighted by molar-refractivity contribution is 5.93. The molecule has 24 heavy (non-hydrogen) atoms. The summed E-state index contributed by atoms with van der Waals surface area (Å²) >= 11 is 0. The maximum atomic E-state index is 12.4. The second-order valence-corrected chi connectivity index (χ2v) is 5.06. The molecule has 0 saturated carbocycles. The monoisotopic (exact) mass is 339 g/mol. The number of nitrogens with zero attached hydrogens (tertiary/aromatic N) is 2. The summed E-state index contributed by atoms with van der Waals surface area (Å²) in [6.07, 6.45) is 1.61. The van der Waals surface area contributed by atoms with Crippen LogP contribution in [0.25, 0.3) is 0 Å². The second-order valence-electron chi connectivity index (χ2n) is 5.06. The number of amides is 1. The van der Waals surface area contributed by atoms with E-state index in [1.165, 1.54) is 18.2 Å². The highest BCUT2D eigenvalue weighted by atomic mass is 19.3. The van der Waals surface area contributed by atoms with Crippen LogP contribution in [0, 0.1) is 6.92 Å². The van der Waals surface area contributed by atoms with Crippen LogP contribution in [0.4, 0.5) is 14.5 Å². The van der Waals surface area contributed by atoms with Crippen LogP contribution in [0.15, 0.2) is 30.5 Å². The fourth-order valence-electron chi connectivity index (χ4n) is 2.19. The minimum Gasteiger partial charge on any atom is -0.490 e. The van der Waals surface area contributed by atoms with Crippen LogP contribution in [-0.4, -0.2) is 28.9 Å². The molecular formula is C16H19F2N3O3. The van der Waals surface area contributed by atoms with E-state index in [9.17, 15) is 13.6 Å². The summed E-state index contributed by atoms with van der Waals surface area (Å²) < 4.78 is 36.1. The Kier molecular flexibility index (Phi) is 5.73. The standard InChI is InChI=1S/C16H19F2N3O3/c1-4-23-14-9-12(5-6-13(14)24-16(17)18)20-15(22)11(3)21-10(2)7-8-19-21/h5-9,11,16H,4H2,1-3H3,(H,20,22). The average Bonchev–Trinajstić information content (AvgIpc) is 2.95. The predicted octanol–water partition coefficient (Wildman–Crippen LogP) is 3.39. The number of hydrogen-bond acceptors (Lipinski definition) is 4. The number of benzene rings is 1. The molecule has 130 valence electrons. The van der Waals surface area contributed by atoms with E-state index in [1.807, 2.05) is 6.92 Å². The Morgan fingerprint density at radius 3 is 2.67 bits per heavy atom. The number of aromatic nitrogens is 2. The van der Waals surface area contributed by atoms with E-state index in [4.69, 9.17) is 4.74 Å². The maximum Gasteiger partial charge on any atom is 0.387 e. The molecule has 1 amide bonds. The van der Waals surface area contributed by atoms with Crippen LogP contribution in [0.5, 0.6) is 11.5 Å². The maximum absolute atomic E-state index is 12.4. The molecule has 1 aromatic carbocycles. The molecule has 0 saturated heterocycles. The van der Waals surface area contributed by atoms with Crippen LogP contribution in [0.3, 0.4) is 0 Å². The van der Waals surface area contributed by atoms with E-state index in [-0.39, 0.29) is 24.0 Å². The van der Waals surface area contributed by atoms with Crippen molar-refractivity contribution in [3.8, 4) is 11.5 Å². The smallest absolute Gasteiger partial charge is 0.387 e. The van der Waals surface area contributed by atoms with E-state index < -0.39 is 12.7 Å². The number of alkyl halides is 2. The van der Waals surface area contributed by atoms with Crippen molar-refractivity contribution in [3.05, 3.63) is 36.2 Å². The summed E-state index contributed by atoms with van der Waals surface area (Å²) in [6, 6.07) is 5.53. The molecule has 1 unspecified atom stereocenters. The highest BCUT2D eigenvalue weighted by Crippen LogP contribution is 2.32. The molecule has 0 fully saturated rings. The van der Waals surface area contributed by atoms with Gasteiger partial charge in [0.15, 0.2) is 11.5 Å². The van der Waals surface area contributed by atoms with Crippen LogP contribution in [0.2, 0.25) is 0 Å². The molecule has 0 spiro atoms. The summed E-state index contributed by atoms with van der Waals surface area (Å²) in [7, 11) is 0. The lowest BCUT2D eigenvalue weighted by molar-refractivity contribution is -0.119. The van der Waals surface area contributed by atoms with Crippen molar-refractivity contribution in [1.82, 2.24) is 9.78 Å². The average molecular weight is 339 g/mol. The first kappa shape index (κ1) is 17.7. The minimum atomic E-state index is -2.95. The highest BCUT2D eigenvalue weighted by Gasteiger charge is 2.18. The van der Waals surface area contributed by atoms with Crippen molar-refractivity contribution in [1.29, 1.82) is 0 Å². The molecule has 2 aromatic rings. The SMILES string of the molecule is CCOc1cc(NC(=O)C(C)n2nccc2C)ccc1OC(F)F. The second kappa shape index (κ2) is 7.76. The normalized spacial score (nSPS) is 12.1. The van der Waals surface area contributed by atoms with Gasteiger partial charge in [-0.25, -0.2) is 0 Å². The molecule has 0 aliphatic rings. The van der Waals surface area contributed by atoms with Gasteiger partial charge < -0.3 is 14.8 Å². The number of hydrogen-bond donors (Lipinski definition) is 1. The Hall–Kier alpha value is -2.64. The number of halogens is 2. The number of anilines is 1. The molecule has 1 heterocycles. The number of aryl methyl sites for hydroxylation is 1. The summed E-state index contributed by atoms with van der Waals surface area (Å²) in [5.74, 6) is -0.230. The Bertz CT molecular complexity index is 704. The Labute approximate surface area is 138 Å². The number of ether oxygens (including phenoxy) is 2. The zero-order valence-electron chi connectivity index (χ0n) is 13.6. The van der Waals surface area contributed by atoms with Gasteiger partial charge in [0.2, 0.25) is 5.91 Å². The summed E-state index contributed by atoms with van der Waals surface area (Å²) in [4.78, 5) is 12.3. The van der Waals surface area contributed by atoms with Crippen LogP contribution < -0.4 is 14.8 Å². The molecule has 6 nitrogen and oxygen atoms in total. The molecule has 0 aliphatic heterocycles. The Balaban J connectivity index is 2.15. The third-order valence-corrected chi connectivity index (χ3v) is 3.34. The lowest BCUT2D eigenvalue weighted by Gasteiger charge is -2.16. The number of carbonyl (C=O) groups excluding carboxylic acids is 1. The molecule has 0 radical (unpaired) electrons. The number of nitrogens with one attached hydrogen (secondary N) is 1.